The van der Waals surface area contributed by atoms with Crippen LogP contribution in [0.4, 0.5) is 0 Å². The Hall–Kier alpha value is -0.100. The highest BCUT2D eigenvalue weighted by Crippen LogP contribution is 2.32. The molecule has 2 aliphatic rings. The smallest absolute Gasteiger partial charge is 0.246 e. The number of hydrogen-bond donors (Lipinski definition) is 0. The van der Waals surface area contributed by atoms with Crippen LogP contribution in [0.1, 0.15) is 12.8 Å². The van der Waals surface area contributed by atoms with Gasteiger partial charge in [0.2, 0.25) is 5.91 Å². The van der Waals surface area contributed by atoms with E-state index in [-0.39, 0.29) is 5.91 Å². The first kappa shape index (κ1) is 9.45. The van der Waals surface area contributed by atoms with E-state index in [4.69, 9.17) is 0 Å². The number of nitrogens with zero attached hydrogens (tertiary/aromatic N) is 2. The summed E-state index contributed by atoms with van der Waals surface area (Å²) in [5.74, 6) is 0.0846. The van der Waals surface area contributed by atoms with E-state index in [1.807, 2.05) is 4.90 Å². The van der Waals surface area contributed by atoms with E-state index < -0.39 is 0 Å². The first-order valence-corrected chi connectivity index (χ1v) is 5.54. The van der Waals surface area contributed by atoms with Gasteiger partial charge in [0.05, 0.1) is 0 Å². The Labute approximate surface area is 92.3 Å². The van der Waals surface area contributed by atoms with Crippen molar-refractivity contribution in [1.82, 2.24) is 8.01 Å². The van der Waals surface area contributed by atoms with Gasteiger partial charge >= 0.3 is 0 Å². The number of carbonyl (C=O) groups is 1. The molecule has 0 radical (unpaired) electrons. The van der Waals surface area contributed by atoms with Crippen molar-refractivity contribution in [2.75, 3.05) is 13.1 Å². The molecule has 2 rings (SSSR count). The Morgan fingerprint density at radius 3 is 2.38 bits per heavy atom. The largest absolute Gasteiger partial charge is 0.336 e. The molecule has 72 valence electrons. The van der Waals surface area contributed by atoms with Gasteiger partial charge in [0.15, 0.2) is 0 Å². The number of amides is 1. The SMILES string of the molecule is C=CC(=O)N1CC2CCC(C1)N2I. The lowest BCUT2D eigenvalue weighted by atomic mass is 10.2. The van der Waals surface area contributed by atoms with Crippen molar-refractivity contribution < 1.29 is 4.79 Å². The van der Waals surface area contributed by atoms with Crippen LogP contribution in [0, 0.1) is 0 Å². The average Bonchev–Trinajstić information content (AvgIpc) is 2.42. The highest BCUT2D eigenvalue weighted by molar-refractivity contribution is 14.1. The van der Waals surface area contributed by atoms with Crippen molar-refractivity contribution in [1.29, 1.82) is 0 Å². The maximum atomic E-state index is 11.4. The Morgan fingerprint density at radius 1 is 1.38 bits per heavy atom. The van der Waals surface area contributed by atoms with Gasteiger partial charge in [-0.2, -0.15) is 0 Å². The zero-order valence-corrected chi connectivity index (χ0v) is 9.61. The average molecular weight is 292 g/mol. The van der Waals surface area contributed by atoms with E-state index in [1.165, 1.54) is 18.9 Å². The maximum Gasteiger partial charge on any atom is 0.246 e. The summed E-state index contributed by atoms with van der Waals surface area (Å²) in [6.07, 6.45) is 3.88. The molecule has 2 aliphatic heterocycles. The van der Waals surface area contributed by atoms with Crippen LogP contribution in [0.5, 0.6) is 0 Å². The highest BCUT2D eigenvalue weighted by Gasteiger charge is 2.39. The number of carbonyl (C=O) groups excluding carboxylic acids is 1. The highest BCUT2D eigenvalue weighted by atomic mass is 127. The van der Waals surface area contributed by atoms with E-state index in [0.717, 1.165) is 13.1 Å². The summed E-state index contributed by atoms with van der Waals surface area (Å²) in [6, 6.07) is 1.14. The topological polar surface area (TPSA) is 23.6 Å². The van der Waals surface area contributed by atoms with Crippen molar-refractivity contribution >= 4 is 28.8 Å². The molecular weight excluding hydrogens is 279 g/mol. The van der Waals surface area contributed by atoms with Gasteiger partial charge < -0.3 is 4.90 Å². The van der Waals surface area contributed by atoms with Gasteiger partial charge in [0.25, 0.3) is 0 Å². The molecule has 0 aromatic carbocycles. The van der Waals surface area contributed by atoms with E-state index in [2.05, 4.69) is 32.6 Å². The summed E-state index contributed by atoms with van der Waals surface area (Å²) >= 11 is 2.39. The summed E-state index contributed by atoms with van der Waals surface area (Å²) in [5, 5.41) is 0. The third-order valence-electron chi connectivity index (χ3n) is 2.88. The second-order valence-corrected chi connectivity index (χ2v) is 4.79. The number of rotatable bonds is 1. The summed E-state index contributed by atoms with van der Waals surface area (Å²) < 4.78 is 2.38. The van der Waals surface area contributed by atoms with Gasteiger partial charge in [0.1, 0.15) is 0 Å². The molecule has 2 unspecified atom stereocenters. The number of hydrogen-bond acceptors (Lipinski definition) is 2. The van der Waals surface area contributed by atoms with Crippen molar-refractivity contribution in [3.05, 3.63) is 12.7 Å². The van der Waals surface area contributed by atoms with Crippen LogP contribution in [0.2, 0.25) is 0 Å². The Kier molecular flexibility index (Phi) is 2.60. The van der Waals surface area contributed by atoms with Crippen LogP contribution in [-0.2, 0) is 4.79 Å². The molecule has 0 N–H and O–H groups in total. The van der Waals surface area contributed by atoms with E-state index in [9.17, 15) is 4.79 Å². The summed E-state index contributed by atoms with van der Waals surface area (Å²) in [6.45, 7) is 5.28. The van der Waals surface area contributed by atoms with Crippen LogP contribution in [0.3, 0.4) is 0 Å². The molecule has 2 heterocycles. The second-order valence-electron chi connectivity index (χ2n) is 3.68. The summed E-state index contributed by atoms with van der Waals surface area (Å²) in [5.41, 5.74) is 0. The monoisotopic (exact) mass is 292 g/mol. The van der Waals surface area contributed by atoms with Gasteiger partial charge in [-0.05, 0) is 18.9 Å². The van der Waals surface area contributed by atoms with Gasteiger partial charge in [-0.3, -0.25) is 4.79 Å². The molecular formula is C9H13IN2O. The molecule has 0 aromatic rings. The predicted molar refractivity (Wildman–Crippen MR) is 59.4 cm³/mol. The third kappa shape index (κ3) is 1.61. The Balaban J connectivity index is 2.06. The quantitative estimate of drug-likeness (QED) is 0.412. The molecule has 2 saturated heterocycles. The number of likely N-dealkylation sites (tertiary alicyclic amines) is 1. The fourth-order valence-electron chi connectivity index (χ4n) is 2.16. The third-order valence-corrected chi connectivity index (χ3v) is 4.45. The molecule has 2 fully saturated rings. The minimum Gasteiger partial charge on any atom is -0.336 e. The van der Waals surface area contributed by atoms with E-state index in [0.29, 0.717) is 12.1 Å². The molecule has 1 amide bonds. The molecule has 3 nitrogen and oxygen atoms in total. The van der Waals surface area contributed by atoms with Crippen molar-refractivity contribution in [2.24, 2.45) is 0 Å². The molecule has 2 bridgehead atoms. The van der Waals surface area contributed by atoms with Crippen LogP contribution < -0.4 is 0 Å². The normalized spacial score (nSPS) is 33.5. The van der Waals surface area contributed by atoms with Crippen LogP contribution in [0.25, 0.3) is 0 Å². The lowest BCUT2D eigenvalue weighted by Crippen LogP contribution is -2.51. The van der Waals surface area contributed by atoms with Crippen LogP contribution >= 0.6 is 22.9 Å². The lowest BCUT2D eigenvalue weighted by molar-refractivity contribution is -0.128. The molecule has 2 atom stereocenters. The predicted octanol–water partition coefficient (Wildman–Crippen LogP) is 1.20. The Morgan fingerprint density at radius 2 is 1.92 bits per heavy atom. The van der Waals surface area contributed by atoms with E-state index in [1.54, 1.807) is 0 Å². The molecule has 4 heteroatoms. The summed E-state index contributed by atoms with van der Waals surface area (Å²) in [4.78, 5) is 13.3. The molecule has 0 saturated carbocycles. The standard InChI is InChI=1S/C9H13IN2O/c1-2-9(13)11-5-7-3-4-8(6-11)12(7)10/h2,7-8H,1,3-6H2. The van der Waals surface area contributed by atoms with Gasteiger partial charge in [-0.1, -0.05) is 6.58 Å². The van der Waals surface area contributed by atoms with E-state index >= 15 is 0 Å². The van der Waals surface area contributed by atoms with Crippen LogP contribution in [-0.4, -0.2) is 39.1 Å². The summed E-state index contributed by atoms with van der Waals surface area (Å²) in [7, 11) is 0. The fraction of sp³-hybridized carbons (Fsp3) is 0.667. The van der Waals surface area contributed by atoms with Gasteiger partial charge in [-0.15, -0.1) is 0 Å². The second kappa shape index (κ2) is 3.57. The van der Waals surface area contributed by atoms with Crippen LogP contribution in [0.15, 0.2) is 12.7 Å². The molecule has 0 aromatic heterocycles. The molecule has 0 spiro atoms. The minimum atomic E-state index is 0.0846. The first-order valence-electron chi connectivity index (χ1n) is 4.58. The van der Waals surface area contributed by atoms with Crippen molar-refractivity contribution in [3.8, 4) is 0 Å². The molecule has 13 heavy (non-hydrogen) atoms. The minimum absolute atomic E-state index is 0.0846. The first-order chi connectivity index (χ1) is 6.22. The lowest BCUT2D eigenvalue weighted by Gasteiger charge is -2.36. The van der Waals surface area contributed by atoms with Gasteiger partial charge in [-0.25, -0.2) is 3.11 Å². The van der Waals surface area contributed by atoms with Crippen molar-refractivity contribution in [3.63, 3.8) is 0 Å². The maximum absolute atomic E-state index is 11.4. The zero-order chi connectivity index (χ0) is 9.42. The Bertz CT molecular complexity index is 230. The fourth-order valence-corrected chi connectivity index (χ4v) is 3.07. The van der Waals surface area contributed by atoms with Gasteiger partial charge in [0, 0.05) is 48.0 Å². The number of halogens is 1. The van der Waals surface area contributed by atoms with Crippen molar-refractivity contribution in [2.45, 2.75) is 24.9 Å². The molecule has 0 aliphatic carbocycles. The number of fused-ring (bicyclic) bond motifs is 2. The number of piperazine rings is 1. The zero-order valence-electron chi connectivity index (χ0n) is 7.45.